The summed E-state index contributed by atoms with van der Waals surface area (Å²) in [5, 5.41) is 22.8. The third-order valence-electron chi connectivity index (χ3n) is 1.43. The van der Waals surface area contributed by atoms with Gasteiger partial charge in [-0.1, -0.05) is 6.07 Å². The Balaban J connectivity index is 0.000000213. The van der Waals surface area contributed by atoms with Gasteiger partial charge in [0, 0.05) is 0 Å². The van der Waals surface area contributed by atoms with Crippen LogP contribution in [0.2, 0.25) is 0 Å². The van der Waals surface area contributed by atoms with Crippen LogP contribution in [0.5, 0.6) is 5.75 Å². The predicted molar refractivity (Wildman–Crippen MR) is 46.5 cm³/mol. The van der Waals surface area contributed by atoms with Crippen molar-refractivity contribution in [1.82, 2.24) is 9.97 Å². The van der Waals surface area contributed by atoms with E-state index in [-0.39, 0.29) is 5.75 Å². The zero-order valence-corrected chi connectivity index (χ0v) is 6.91. The molecule has 1 aromatic heterocycles. The van der Waals surface area contributed by atoms with Gasteiger partial charge in [-0.05, 0) is 12.1 Å². The molecule has 0 saturated heterocycles. The summed E-state index contributed by atoms with van der Waals surface area (Å²) in [6, 6.07) is 5.25. The van der Waals surface area contributed by atoms with E-state index < -0.39 is 5.09 Å². The zero-order chi connectivity index (χ0) is 10.6. The molecule has 7 heteroatoms. The molecule has 0 aliphatic heterocycles. The number of imidazole rings is 1. The Morgan fingerprint density at radius 2 is 2.14 bits per heavy atom. The van der Waals surface area contributed by atoms with Crippen LogP contribution in [0, 0.1) is 10.1 Å². The quantitative estimate of drug-likeness (QED) is 0.429. The van der Waals surface area contributed by atoms with Crippen LogP contribution < -0.4 is 0 Å². The Kier molecular flexibility index (Phi) is 2.85. The molecule has 0 unspecified atom stereocenters. The van der Waals surface area contributed by atoms with Gasteiger partial charge in [-0.25, -0.2) is 4.98 Å². The summed E-state index contributed by atoms with van der Waals surface area (Å²) >= 11 is 0. The van der Waals surface area contributed by atoms with E-state index in [2.05, 4.69) is 9.97 Å². The lowest BCUT2D eigenvalue weighted by Crippen LogP contribution is -1.81. The molecule has 0 aliphatic carbocycles. The van der Waals surface area contributed by atoms with Crippen molar-refractivity contribution < 1.29 is 15.4 Å². The van der Waals surface area contributed by atoms with Crippen molar-refractivity contribution in [3.8, 4) is 5.75 Å². The SMILES string of the molecule is O=[N+]([O-])O.Oc1cccc2[nH]cnc12. The smallest absolute Gasteiger partial charge is 0.291 e. The maximum absolute atomic E-state index is 9.18. The Morgan fingerprint density at radius 1 is 1.50 bits per heavy atom. The molecule has 0 spiro atoms. The molecule has 1 aromatic carbocycles. The number of phenols is 1. The Morgan fingerprint density at radius 3 is 2.71 bits per heavy atom. The van der Waals surface area contributed by atoms with E-state index >= 15 is 0 Å². The van der Waals surface area contributed by atoms with Gasteiger partial charge in [-0.2, -0.15) is 0 Å². The van der Waals surface area contributed by atoms with Gasteiger partial charge in [0.1, 0.15) is 11.3 Å². The van der Waals surface area contributed by atoms with E-state index in [9.17, 15) is 5.11 Å². The molecule has 14 heavy (non-hydrogen) atoms. The van der Waals surface area contributed by atoms with Crippen molar-refractivity contribution in [2.75, 3.05) is 0 Å². The largest absolute Gasteiger partial charge is 0.506 e. The van der Waals surface area contributed by atoms with Crippen molar-refractivity contribution in [2.24, 2.45) is 0 Å². The van der Waals surface area contributed by atoms with Gasteiger partial charge in [0.2, 0.25) is 0 Å². The second-order valence-corrected chi connectivity index (χ2v) is 2.31. The summed E-state index contributed by atoms with van der Waals surface area (Å²) in [6.45, 7) is 0. The number of aromatic hydroxyl groups is 1. The van der Waals surface area contributed by atoms with Crippen LogP contribution in [-0.4, -0.2) is 25.4 Å². The molecular weight excluding hydrogens is 190 g/mol. The van der Waals surface area contributed by atoms with Gasteiger partial charge >= 0.3 is 0 Å². The molecule has 3 N–H and O–H groups in total. The molecule has 0 aliphatic rings. The fraction of sp³-hybridized carbons (Fsp3) is 0. The molecule has 2 rings (SSSR count). The molecule has 0 saturated carbocycles. The number of nitrogens with one attached hydrogen (secondary N) is 1. The van der Waals surface area contributed by atoms with E-state index in [4.69, 9.17) is 15.3 Å². The number of fused-ring (bicyclic) bond motifs is 1. The summed E-state index contributed by atoms with van der Waals surface area (Å²) in [4.78, 5) is 15.2. The van der Waals surface area contributed by atoms with Gasteiger partial charge in [0.25, 0.3) is 5.09 Å². The van der Waals surface area contributed by atoms with Gasteiger partial charge in [0.05, 0.1) is 11.8 Å². The van der Waals surface area contributed by atoms with E-state index in [0.29, 0.717) is 5.52 Å². The van der Waals surface area contributed by atoms with Gasteiger partial charge < -0.3 is 15.3 Å². The number of phenolic OH excluding ortho intramolecular Hbond substituents is 1. The van der Waals surface area contributed by atoms with Crippen LogP contribution in [0.1, 0.15) is 0 Å². The number of hydrogen-bond donors (Lipinski definition) is 3. The van der Waals surface area contributed by atoms with Gasteiger partial charge in [-0.3, -0.25) is 0 Å². The van der Waals surface area contributed by atoms with Crippen LogP contribution in [0.25, 0.3) is 11.0 Å². The number of aromatic amines is 1. The predicted octanol–water partition coefficient (Wildman–Crippen LogP) is 0.921. The summed E-state index contributed by atoms with van der Waals surface area (Å²) in [5.41, 5.74) is 1.49. The maximum Gasteiger partial charge on any atom is 0.291 e. The number of para-hydroxylation sites is 1. The first kappa shape index (κ1) is 9.78. The minimum atomic E-state index is -1.50. The fourth-order valence-electron chi connectivity index (χ4n) is 0.950. The molecule has 2 aromatic rings. The van der Waals surface area contributed by atoms with Crippen LogP contribution in [0.3, 0.4) is 0 Å². The first-order valence-electron chi connectivity index (χ1n) is 3.55. The first-order chi connectivity index (χ1) is 6.61. The minimum Gasteiger partial charge on any atom is -0.506 e. The molecule has 7 nitrogen and oxygen atoms in total. The monoisotopic (exact) mass is 197 g/mol. The van der Waals surface area contributed by atoms with Gasteiger partial charge in [0.15, 0.2) is 0 Å². The number of aromatic nitrogens is 2. The summed E-state index contributed by atoms with van der Waals surface area (Å²) < 4.78 is 0. The van der Waals surface area contributed by atoms with E-state index in [1.165, 1.54) is 0 Å². The van der Waals surface area contributed by atoms with Crippen LogP contribution >= 0.6 is 0 Å². The van der Waals surface area contributed by atoms with Crippen LogP contribution in [0.15, 0.2) is 24.5 Å². The second kappa shape index (κ2) is 4.08. The van der Waals surface area contributed by atoms with E-state index in [0.717, 1.165) is 5.52 Å². The Bertz CT molecular complexity index is 435. The Hall–Kier alpha value is -2.31. The highest BCUT2D eigenvalue weighted by Crippen LogP contribution is 2.19. The summed E-state index contributed by atoms with van der Waals surface area (Å²) in [7, 11) is 0. The standard InChI is InChI=1S/C7H6N2O.HNO3/c10-6-3-1-2-5-7(6)9-4-8-5;2-1(3)4/h1-4,10H,(H,8,9);(H,2,3,4). The van der Waals surface area contributed by atoms with Gasteiger partial charge in [-0.15, -0.1) is 10.1 Å². The molecule has 0 radical (unpaired) electrons. The number of nitrogens with zero attached hydrogens (tertiary/aromatic N) is 2. The molecule has 74 valence electrons. The fourth-order valence-corrected chi connectivity index (χ4v) is 0.950. The number of rotatable bonds is 0. The third-order valence-corrected chi connectivity index (χ3v) is 1.43. The highest BCUT2D eigenvalue weighted by Gasteiger charge is 1.98. The molecule has 0 atom stereocenters. The van der Waals surface area contributed by atoms with Crippen molar-refractivity contribution in [2.45, 2.75) is 0 Å². The molecule has 0 amide bonds. The lowest BCUT2D eigenvalue weighted by Gasteiger charge is -1.89. The average Bonchev–Trinajstić information content (AvgIpc) is 2.52. The summed E-state index contributed by atoms with van der Waals surface area (Å²) in [5.74, 6) is 0.221. The van der Waals surface area contributed by atoms with Crippen LogP contribution in [0.4, 0.5) is 0 Å². The first-order valence-corrected chi connectivity index (χ1v) is 3.55. The van der Waals surface area contributed by atoms with E-state index in [1.54, 1.807) is 18.5 Å². The topological polar surface area (TPSA) is 112 Å². The Labute approximate surface area is 77.7 Å². The average molecular weight is 197 g/mol. The normalized spacial score (nSPS) is 9.14. The maximum atomic E-state index is 9.18. The third kappa shape index (κ3) is 2.34. The molecule has 0 fully saturated rings. The van der Waals surface area contributed by atoms with Crippen molar-refractivity contribution in [3.63, 3.8) is 0 Å². The van der Waals surface area contributed by atoms with Crippen molar-refractivity contribution in [3.05, 3.63) is 34.6 Å². The second-order valence-electron chi connectivity index (χ2n) is 2.31. The lowest BCUT2D eigenvalue weighted by atomic mass is 10.3. The lowest BCUT2D eigenvalue weighted by molar-refractivity contribution is -0.742. The highest BCUT2D eigenvalue weighted by molar-refractivity contribution is 5.80. The number of benzene rings is 1. The molecular formula is C7H7N3O4. The number of hydrogen-bond acceptors (Lipinski definition) is 4. The van der Waals surface area contributed by atoms with Crippen molar-refractivity contribution in [1.29, 1.82) is 0 Å². The molecule has 0 bridgehead atoms. The molecule has 1 heterocycles. The summed E-state index contributed by atoms with van der Waals surface area (Å²) in [6.07, 6.45) is 1.56. The minimum absolute atomic E-state index is 0.221. The highest BCUT2D eigenvalue weighted by atomic mass is 16.9. The van der Waals surface area contributed by atoms with E-state index in [1.807, 2.05) is 6.07 Å². The van der Waals surface area contributed by atoms with Crippen LogP contribution in [-0.2, 0) is 0 Å². The zero-order valence-electron chi connectivity index (χ0n) is 6.91. The number of H-pyrrole nitrogens is 1. The van der Waals surface area contributed by atoms with Crippen molar-refractivity contribution >= 4 is 11.0 Å².